The van der Waals surface area contributed by atoms with Crippen LogP contribution in [0.3, 0.4) is 0 Å². The highest BCUT2D eigenvalue weighted by Crippen LogP contribution is 2.17. The van der Waals surface area contributed by atoms with E-state index in [-0.39, 0.29) is 5.25 Å². The van der Waals surface area contributed by atoms with Crippen LogP contribution in [-0.4, -0.2) is 28.9 Å². The molecule has 4 heteroatoms. The molecule has 0 amide bonds. The summed E-state index contributed by atoms with van der Waals surface area (Å²) in [4.78, 5) is 0. The van der Waals surface area contributed by atoms with Gasteiger partial charge in [0.25, 0.3) is 0 Å². The van der Waals surface area contributed by atoms with E-state index in [2.05, 4.69) is 11.9 Å². The Bertz CT molecular complexity index is 420. The third-order valence-electron chi connectivity index (χ3n) is 2.94. The van der Waals surface area contributed by atoms with Crippen LogP contribution in [-0.2, 0) is 17.3 Å². The van der Waals surface area contributed by atoms with E-state index in [0.29, 0.717) is 6.61 Å². The minimum absolute atomic E-state index is 0.236. The molecule has 0 radical (unpaired) electrons. The molecule has 2 atom stereocenters. The molecule has 0 spiro atoms. The third-order valence-corrected chi connectivity index (χ3v) is 4.31. The molecule has 0 fully saturated rings. The van der Waals surface area contributed by atoms with Crippen LogP contribution < -0.4 is 10.1 Å². The maximum Gasteiger partial charge on any atom is 0.124 e. The molecule has 1 rings (SSSR count). The topological polar surface area (TPSA) is 38.3 Å². The maximum atomic E-state index is 11.2. The van der Waals surface area contributed by atoms with Crippen molar-refractivity contribution in [1.29, 1.82) is 0 Å². The number of nitrogens with one attached hydrogen (secondary N) is 1. The van der Waals surface area contributed by atoms with Crippen LogP contribution in [0.5, 0.6) is 5.75 Å². The fourth-order valence-corrected chi connectivity index (χ4v) is 2.08. The van der Waals surface area contributed by atoms with Crippen molar-refractivity contribution in [2.45, 2.75) is 25.1 Å². The first-order chi connectivity index (χ1) is 9.15. The second kappa shape index (κ2) is 8.88. The van der Waals surface area contributed by atoms with E-state index < -0.39 is 10.8 Å². The molecule has 1 aromatic rings. The molecule has 1 aromatic carbocycles. The van der Waals surface area contributed by atoms with Gasteiger partial charge < -0.3 is 10.1 Å². The lowest BCUT2D eigenvalue weighted by atomic mass is 10.2. The van der Waals surface area contributed by atoms with E-state index >= 15 is 0 Å². The number of benzene rings is 1. The van der Waals surface area contributed by atoms with Crippen molar-refractivity contribution in [2.75, 3.05) is 19.4 Å². The van der Waals surface area contributed by atoms with Gasteiger partial charge in [-0.05, 0) is 19.0 Å². The first kappa shape index (κ1) is 15.9. The van der Waals surface area contributed by atoms with E-state index in [9.17, 15) is 4.21 Å². The van der Waals surface area contributed by atoms with Gasteiger partial charge in [0.05, 0.1) is 0 Å². The first-order valence-corrected chi connectivity index (χ1v) is 8.11. The van der Waals surface area contributed by atoms with E-state index in [1.165, 1.54) is 0 Å². The fraction of sp³-hybridized carbons (Fsp3) is 0.467. The Morgan fingerprint density at radius 1 is 1.47 bits per heavy atom. The van der Waals surface area contributed by atoms with Gasteiger partial charge in [-0.25, -0.2) is 0 Å². The number of hydrogen-bond donors (Lipinski definition) is 1. The molecule has 0 aromatic heterocycles. The van der Waals surface area contributed by atoms with Gasteiger partial charge in [0, 0.05) is 34.4 Å². The van der Waals surface area contributed by atoms with Crippen molar-refractivity contribution >= 4 is 10.8 Å². The molecule has 1 N–H and O–H groups in total. The molecule has 3 nitrogen and oxygen atoms in total. The summed E-state index contributed by atoms with van der Waals surface area (Å²) in [5.41, 5.74) is 1.13. The zero-order chi connectivity index (χ0) is 14.1. The molecule has 2 unspecified atom stereocenters. The molecule has 0 aliphatic heterocycles. The first-order valence-electron chi connectivity index (χ1n) is 6.49. The number of hydrogen-bond acceptors (Lipinski definition) is 3. The Morgan fingerprint density at radius 2 is 2.21 bits per heavy atom. The Labute approximate surface area is 118 Å². The van der Waals surface area contributed by atoms with Gasteiger partial charge in [-0.2, -0.15) is 0 Å². The van der Waals surface area contributed by atoms with Crippen LogP contribution in [0.2, 0.25) is 0 Å². The summed E-state index contributed by atoms with van der Waals surface area (Å²) in [5.74, 6) is 0.891. The second-order valence-corrected chi connectivity index (χ2v) is 6.28. The minimum atomic E-state index is -0.743. The van der Waals surface area contributed by atoms with Gasteiger partial charge in [0.15, 0.2) is 0 Å². The Kier molecular flexibility index (Phi) is 7.45. The standard InChI is InChI=1S/C15H23NO2S/c1-4-11-18-15-8-6-5-7-14(15)12-16-10-9-13(2)19(3)17/h4-8,13,16H,1,9-12H2,2-3H3. The zero-order valence-electron chi connectivity index (χ0n) is 11.7. The van der Waals surface area contributed by atoms with Gasteiger partial charge in [-0.3, -0.25) is 4.21 Å². The molecular weight excluding hydrogens is 258 g/mol. The van der Waals surface area contributed by atoms with E-state index in [0.717, 1.165) is 30.8 Å². The van der Waals surface area contributed by atoms with Gasteiger partial charge in [-0.1, -0.05) is 37.8 Å². The molecule has 0 bridgehead atoms. The van der Waals surface area contributed by atoms with Crippen LogP contribution >= 0.6 is 0 Å². The van der Waals surface area contributed by atoms with Crippen molar-refractivity contribution in [2.24, 2.45) is 0 Å². The summed E-state index contributed by atoms with van der Waals surface area (Å²) in [5, 5.41) is 3.60. The predicted molar refractivity (Wildman–Crippen MR) is 82.0 cm³/mol. The van der Waals surface area contributed by atoms with Crippen LogP contribution in [0.4, 0.5) is 0 Å². The zero-order valence-corrected chi connectivity index (χ0v) is 12.5. The Morgan fingerprint density at radius 3 is 2.89 bits per heavy atom. The lowest BCUT2D eigenvalue weighted by Crippen LogP contribution is -2.21. The lowest BCUT2D eigenvalue weighted by molar-refractivity contribution is 0.358. The van der Waals surface area contributed by atoms with Crippen molar-refractivity contribution < 1.29 is 8.95 Å². The van der Waals surface area contributed by atoms with E-state index in [1.54, 1.807) is 12.3 Å². The molecular formula is C15H23NO2S. The third kappa shape index (κ3) is 6.03. The van der Waals surface area contributed by atoms with Crippen LogP contribution in [0.15, 0.2) is 36.9 Å². The molecule has 0 saturated carbocycles. The van der Waals surface area contributed by atoms with Gasteiger partial charge in [0.2, 0.25) is 0 Å². The SMILES string of the molecule is C=CCOc1ccccc1CNCCC(C)S(C)=O. The van der Waals surface area contributed by atoms with Crippen molar-refractivity contribution in [3.8, 4) is 5.75 Å². The molecule has 19 heavy (non-hydrogen) atoms. The van der Waals surface area contributed by atoms with Crippen LogP contribution in [0.1, 0.15) is 18.9 Å². The highest BCUT2D eigenvalue weighted by atomic mass is 32.2. The van der Waals surface area contributed by atoms with Crippen molar-refractivity contribution in [3.63, 3.8) is 0 Å². The quantitative estimate of drug-likeness (QED) is 0.558. The molecule has 106 valence electrons. The molecule has 0 saturated heterocycles. The maximum absolute atomic E-state index is 11.2. The van der Waals surface area contributed by atoms with Crippen molar-refractivity contribution in [3.05, 3.63) is 42.5 Å². The van der Waals surface area contributed by atoms with E-state index in [4.69, 9.17) is 4.74 Å². The number of rotatable bonds is 9. The lowest BCUT2D eigenvalue weighted by Gasteiger charge is -2.12. The van der Waals surface area contributed by atoms with Gasteiger partial charge in [-0.15, -0.1) is 0 Å². The summed E-state index contributed by atoms with van der Waals surface area (Å²) in [6, 6.07) is 7.97. The average Bonchev–Trinajstić information content (AvgIpc) is 2.42. The summed E-state index contributed by atoms with van der Waals surface area (Å²) in [7, 11) is -0.743. The second-order valence-electron chi connectivity index (χ2n) is 4.48. The minimum Gasteiger partial charge on any atom is -0.489 e. The predicted octanol–water partition coefficient (Wildman–Crippen LogP) is 2.50. The van der Waals surface area contributed by atoms with E-state index in [1.807, 2.05) is 31.2 Å². The number of ether oxygens (including phenoxy) is 1. The van der Waals surface area contributed by atoms with Gasteiger partial charge in [0.1, 0.15) is 12.4 Å². The molecule has 0 aliphatic carbocycles. The Balaban J connectivity index is 2.40. The van der Waals surface area contributed by atoms with Crippen molar-refractivity contribution in [1.82, 2.24) is 5.32 Å². The average molecular weight is 281 g/mol. The summed E-state index contributed by atoms with van der Waals surface area (Å²) >= 11 is 0. The van der Waals surface area contributed by atoms with Gasteiger partial charge >= 0.3 is 0 Å². The smallest absolute Gasteiger partial charge is 0.124 e. The summed E-state index contributed by atoms with van der Waals surface area (Å²) in [6.07, 6.45) is 4.41. The highest BCUT2D eigenvalue weighted by molar-refractivity contribution is 7.84. The normalized spacial score (nSPS) is 13.8. The Hall–Kier alpha value is -1.13. The largest absolute Gasteiger partial charge is 0.489 e. The monoisotopic (exact) mass is 281 g/mol. The molecule has 0 heterocycles. The summed E-state index contributed by atoms with van der Waals surface area (Å²) in [6.45, 7) is 7.79. The number of para-hydroxylation sites is 1. The van der Waals surface area contributed by atoms with Crippen LogP contribution in [0, 0.1) is 0 Å². The summed E-state index contributed by atoms with van der Waals surface area (Å²) < 4.78 is 16.8. The fourth-order valence-electron chi connectivity index (χ4n) is 1.63. The van der Waals surface area contributed by atoms with Crippen LogP contribution in [0.25, 0.3) is 0 Å². The molecule has 0 aliphatic rings. The highest BCUT2D eigenvalue weighted by Gasteiger charge is 2.06.